The summed E-state index contributed by atoms with van der Waals surface area (Å²) < 4.78 is 5.17. The highest BCUT2D eigenvalue weighted by atomic mass is 16.5. The Kier molecular flexibility index (Phi) is 5.65. The van der Waals surface area contributed by atoms with Crippen LogP contribution in [-0.2, 0) is 16.1 Å². The first-order chi connectivity index (χ1) is 8.56. The van der Waals surface area contributed by atoms with Crippen LogP contribution < -0.4 is 5.73 Å². The maximum Gasteiger partial charge on any atom is 0.249 e. The number of amides is 1. The summed E-state index contributed by atoms with van der Waals surface area (Å²) in [6, 6.07) is 7.73. The van der Waals surface area contributed by atoms with Gasteiger partial charge in [-0.05, 0) is 32.4 Å². The average Bonchev–Trinajstić information content (AvgIpc) is 2.34. The number of rotatable bonds is 6. The second-order valence-corrected chi connectivity index (χ2v) is 4.45. The Labute approximate surface area is 109 Å². The number of ether oxygens (including phenoxy) is 1. The number of hydrogen-bond acceptors (Lipinski definition) is 3. The molecule has 0 heterocycles. The van der Waals surface area contributed by atoms with Crippen molar-refractivity contribution in [2.75, 3.05) is 18.9 Å². The van der Waals surface area contributed by atoms with Crippen molar-refractivity contribution >= 4 is 11.6 Å². The molecule has 4 nitrogen and oxygen atoms in total. The van der Waals surface area contributed by atoms with E-state index in [1.807, 2.05) is 45.0 Å². The van der Waals surface area contributed by atoms with E-state index in [-0.39, 0.29) is 18.6 Å². The standard InChI is InChI=1S/C14H22N2O2/c1-4-18-10-14(17)16(11(2)3)9-12-7-5-6-8-13(12)15/h5-8,11H,4,9-10,15H2,1-3H3. The Balaban J connectivity index is 2.75. The van der Waals surface area contributed by atoms with E-state index in [2.05, 4.69) is 0 Å². The van der Waals surface area contributed by atoms with Crippen molar-refractivity contribution in [3.05, 3.63) is 29.8 Å². The number of carbonyl (C=O) groups is 1. The third-order valence-corrected chi connectivity index (χ3v) is 2.77. The van der Waals surface area contributed by atoms with Crippen LogP contribution in [0.2, 0.25) is 0 Å². The summed E-state index contributed by atoms with van der Waals surface area (Å²) in [6.45, 7) is 7.05. The Morgan fingerprint density at radius 3 is 2.61 bits per heavy atom. The van der Waals surface area contributed by atoms with Crippen LogP contribution in [0.25, 0.3) is 0 Å². The molecular weight excluding hydrogens is 228 g/mol. The summed E-state index contributed by atoms with van der Waals surface area (Å²) in [5.41, 5.74) is 7.58. The van der Waals surface area contributed by atoms with E-state index in [1.165, 1.54) is 0 Å². The van der Waals surface area contributed by atoms with E-state index in [4.69, 9.17) is 10.5 Å². The molecule has 2 N–H and O–H groups in total. The van der Waals surface area contributed by atoms with Gasteiger partial charge in [0, 0.05) is 24.9 Å². The SMILES string of the molecule is CCOCC(=O)N(Cc1ccccc1N)C(C)C. The number of benzene rings is 1. The minimum absolute atomic E-state index is 0.00453. The average molecular weight is 250 g/mol. The zero-order valence-corrected chi connectivity index (χ0v) is 11.3. The summed E-state index contributed by atoms with van der Waals surface area (Å²) in [5.74, 6) is -0.00453. The molecule has 18 heavy (non-hydrogen) atoms. The number of nitrogen functional groups attached to an aromatic ring is 1. The number of anilines is 1. The molecule has 0 unspecified atom stereocenters. The zero-order chi connectivity index (χ0) is 13.5. The lowest BCUT2D eigenvalue weighted by molar-refractivity contribution is -0.138. The van der Waals surface area contributed by atoms with Crippen molar-refractivity contribution in [3.8, 4) is 0 Å². The molecule has 0 fully saturated rings. The first-order valence-corrected chi connectivity index (χ1v) is 6.26. The summed E-state index contributed by atoms with van der Waals surface area (Å²) in [4.78, 5) is 13.8. The second-order valence-electron chi connectivity index (χ2n) is 4.45. The van der Waals surface area contributed by atoms with Crippen LogP contribution in [0.1, 0.15) is 26.3 Å². The Bertz CT molecular complexity index is 391. The first kappa shape index (κ1) is 14.5. The smallest absolute Gasteiger partial charge is 0.249 e. The molecule has 0 radical (unpaired) electrons. The lowest BCUT2D eigenvalue weighted by Gasteiger charge is -2.27. The van der Waals surface area contributed by atoms with Gasteiger partial charge < -0.3 is 15.4 Å². The van der Waals surface area contributed by atoms with Gasteiger partial charge in [0.1, 0.15) is 6.61 Å². The third-order valence-electron chi connectivity index (χ3n) is 2.77. The highest BCUT2D eigenvalue weighted by Crippen LogP contribution is 2.15. The molecule has 0 aliphatic rings. The Morgan fingerprint density at radius 2 is 2.06 bits per heavy atom. The quantitative estimate of drug-likeness (QED) is 0.786. The Hall–Kier alpha value is -1.55. The number of nitrogens with zero attached hydrogens (tertiary/aromatic N) is 1. The van der Waals surface area contributed by atoms with E-state index >= 15 is 0 Å². The molecule has 0 spiro atoms. The van der Waals surface area contributed by atoms with Gasteiger partial charge in [-0.25, -0.2) is 0 Å². The van der Waals surface area contributed by atoms with Crippen LogP contribution in [-0.4, -0.2) is 30.1 Å². The number of carbonyl (C=O) groups excluding carboxylic acids is 1. The second kappa shape index (κ2) is 7.01. The van der Waals surface area contributed by atoms with E-state index < -0.39 is 0 Å². The van der Waals surface area contributed by atoms with E-state index in [1.54, 1.807) is 4.90 Å². The van der Waals surface area contributed by atoms with Crippen molar-refractivity contribution in [3.63, 3.8) is 0 Å². The molecule has 0 aliphatic heterocycles. The van der Waals surface area contributed by atoms with Gasteiger partial charge in [0.2, 0.25) is 5.91 Å². The number of para-hydroxylation sites is 1. The fourth-order valence-corrected chi connectivity index (χ4v) is 1.69. The summed E-state index contributed by atoms with van der Waals surface area (Å²) in [5, 5.41) is 0. The molecule has 0 atom stereocenters. The van der Waals surface area contributed by atoms with Gasteiger partial charge in [0.05, 0.1) is 0 Å². The van der Waals surface area contributed by atoms with Gasteiger partial charge >= 0.3 is 0 Å². The van der Waals surface area contributed by atoms with Crippen molar-refractivity contribution < 1.29 is 9.53 Å². The lowest BCUT2D eigenvalue weighted by Crippen LogP contribution is -2.38. The predicted octanol–water partition coefficient (Wildman–Crippen LogP) is 2.04. The highest BCUT2D eigenvalue weighted by molar-refractivity contribution is 5.78. The molecule has 0 saturated carbocycles. The van der Waals surface area contributed by atoms with Gasteiger partial charge in [-0.3, -0.25) is 4.79 Å². The fraction of sp³-hybridized carbons (Fsp3) is 0.500. The van der Waals surface area contributed by atoms with E-state index in [0.717, 1.165) is 5.56 Å². The monoisotopic (exact) mass is 250 g/mol. The molecule has 1 aromatic carbocycles. The van der Waals surface area contributed by atoms with Crippen LogP contribution in [0, 0.1) is 0 Å². The molecule has 0 bridgehead atoms. The maximum absolute atomic E-state index is 12.0. The van der Waals surface area contributed by atoms with Crippen LogP contribution in [0.3, 0.4) is 0 Å². The molecule has 0 aliphatic carbocycles. The maximum atomic E-state index is 12.0. The van der Waals surface area contributed by atoms with Crippen molar-refractivity contribution in [1.29, 1.82) is 0 Å². The van der Waals surface area contributed by atoms with Crippen LogP contribution in [0.15, 0.2) is 24.3 Å². The lowest BCUT2D eigenvalue weighted by atomic mass is 10.1. The van der Waals surface area contributed by atoms with E-state index in [9.17, 15) is 4.79 Å². The summed E-state index contributed by atoms with van der Waals surface area (Å²) in [7, 11) is 0. The molecule has 1 amide bonds. The van der Waals surface area contributed by atoms with E-state index in [0.29, 0.717) is 18.8 Å². The van der Waals surface area contributed by atoms with Crippen molar-refractivity contribution in [2.24, 2.45) is 0 Å². The van der Waals surface area contributed by atoms with Gasteiger partial charge in [0.25, 0.3) is 0 Å². The minimum Gasteiger partial charge on any atom is -0.398 e. The number of nitrogens with two attached hydrogens (primary N) is 1. The predicted molar refractivity (Wildman–Crippen MR) is 73.0 cm³/mol. The molecule has 100 valence electrons. The number of hydrogen-bond donors (Lipinski definition) is 1. The zero-order valence-electron chi connectivity index (χ0n) is 11.3. The summed E-state index contributed by atoms with van der Waals surface area (Å²) >= 11 is 0. The van der Waals surface area contributed by atoms with Gasteiger partial charge in [-0.2, -0.15) is 0 Å². The third kappa shape index (κ3) is 4.04. The molecule has 0 aromatic heterocycles. The molecule has 1 rings (SSSR count). The summed E-state index contributed by atoms with van der Waals surface area (Å²) in [6.07, 6.45) is 0. The van der Waals surface area contributed by atoms with Gasteiger partial charge in [-0.15, -0.1) is 0 Å². The van der Waals surface area contributed by atoms with Crippen molar-refractivity contribution in [2.45, 2.75) is 33.4 Å². The highest BCUT2D eigenvalue weighted by Gasteiger charge is 2.17. The van der Waals surface area contributed by atoms with Crippen LogP contribution in [0.5, 0.6) is 0 Å². The minimum atomic E-state index is -0.00453. The fourth-order valence-electron chi connectivity index (χ4n) is 1.69. The molecule has 0 saturated heterocycles. The first-order valence-electron chi connectivity index (χ1n) is 6.26. The molecule has 4 heteroatoms. The topological polar surface area (TPSA) is 55.6 Å². The normalized spacial score (nSPS) is 10.7. The largest absolute Gasteiger partial charge is 0.398 e. The van der Waals surface area contributed by atoms with Gasteiger partial charge in [0.15, 0.2) is 0 Å². The Morgan fingerprint density at radius 1 is 1.39 bits per heavy atom. The van der Waals surface area contributed by atoms with Gasteiger partial charge in [-0.1, -0.05) is 18.2 Å². The van der Waals surface area contributed by atoms with Crippen LogP contribution in [0.4, 0.5) is 5.69 Å². The molecular formula is C14H22N2O2. The van der Waals surface area contributed by atoms with Crippen LogP contribution >= 0.6 is 0 Å². The van der Waals surface area contributed by atoms with Crippen molar-refractivity contribution in [1.82, 2.24) is 4.90 Å². The molecule has 1 aromatic rings.